The molecule has 2 atom stereocenters. The van der Waals surface area contributed by atoms with Crippen molar-refractivity contribution in [1.29, 1.82) is 0 Å². The maximum atomic E-state index is 13.4. The summed E-state index contributed by atoms with van der Waals surface area (Å²) in [5.74, 6) is 1.72. The first-order valence-electron chi connectivity index (χ1n) is 9.07. The number of hydrogen-bond donors (Lipinski definition) is 0. The zero-order chi connectivity index (χ0) is 14.0. The molecule has 0 aromatic carbocycles. The lowest BCUT2D eigenvalue weighted by molar-refractivity contribution is -0.137. The zero-order valence-corrected chi connectivity index (χ0v) is 13.2. The van der Waals surface area contributed by atoms with Crippen molar-refractivity contribution in [3.8, 4) is 0 Å². The molecule has 0 aromatic heterocycles. The van der Waals surface area contributed by atoms with Crippen molar-refractivity contribution >= 4 is 5.78 Å². The van der Waals surface area contributed by atoms with E-state index in [0.29, 0.717) is 17.6 Å². The zero-order valence-electron chi connectivity index (χ0n) is 13.2. The van der Waals surface area contributed by atoms with Crippen LogP contribution in [0.4, 0.5) is 0 Å². The summed E-state index contributed by atoms with van der Waals surface area (Å²) in [6.45, 7) is 4.64. The Morgan fingerprint density at radius 2 is 1.65 bits per heavy atom. The molecule has 3 fully saturated rings. The van der Waals surface area contributed by atoms with E-state index in [9.17, 15) is 4.79 Å². The SMILES string of the molecule is CCC1CCCCC1C(=O)C1(N2CCCC2)CCCC1. The van der Waals surface area contributed by atoms with Gasteiger partial charge in [-0.1, -0.05) is 39.0 Å². The molecular weight excluding hydrogens is 246 g/mol. The molecule has 2 nitrogen and oxygen atoms in total. The number of carbonyl (C=O) groups is 1. The Balaban J connectivity index is 1.81. The van der Waals surface area contributed by atoms with Crippen LogP contribution in [0, 0.1) is 11.8 Å². The van der Waals surface area contributed by atoms with Crippen LogP contribution in [-0.4, -0.2) is 29.3 Å². The molecule has 0 bridgehead atoms. The van der Waals surface area contributed by atoms with E-state index in [4.69, 9.17) is 0 Å². The van der Waals surface area contributed by atoms with Crippen LogP contribution in [0.5, 0.6) is 0 Å². The molecule has 2 saturated carbocycles. The van der Waals surface area contributed by atoms with E-state index in [1.165, 1.54) is 70.9 Å². The van der Waals surface area contributed by atoms with E-state index in [-0.39, 0.29) is 5.54 Å². The Kier molecular flexibility index (Phi) is 4.49. The van der Waals surface area contributed by atoms with Crippen LogP contribution in [0.1, 0.15) is 77.6 Å². The first kappa shape index (κ1) is 14.6. The molecule has 0 spiro atoms. The normalized spacial score (nSPS) is 34.5. The summed E-state index contributed by atoms with van der Waals surface area (Å²) in [6.07, 6.45) is 13.7. The van der Waals surface area contributed by atoms with Gasteiger partial charge >= 0.3 is 0 Å². The van der Waals surface area contributed by atoms with Crippen LogP contribution in [-0.2, 0) is 4.79 Å². The summed E-state index contributed by atoms with van der Waals surface area (Å²) < 4.78 is 0. The molecule has 2 heteroatoms. The minimum absolute atomic E-state index is 0.0358. The van der Waals surface area contributed by atoms with Gasteiger partial charge in [0.15, 0.2) is 5.78 Å². The van der Waals surface area contributed by atoms with Gasteiger partial charge in [0.25, 0.3) is 0 Å². The quantitative estimate of drug-likeness (QED) is 0.768. The Hall–Kier alpha value is -0.370. The summed E-state index contributed by atoms with van der Waals surface area (Å²) >= 11 is 0. The highest BCUT2D eigenvalue weighted by Gasteiger charge is 2.50. The van der Waals surface area contributed by atoms with Crippen LogP contribution in [0.3, 0.4) is 0 Å². The summed E-state index contributed by atoms with van der Waals surface area (Å²) in [4.78, 5) is 16.0. The van der Waals surface area contributed by atoms with Gasteiger partial charge in [-0.2, -0.15) is 0 Å². The van der Waals surface area contributed by atoms with Gasteiger partial charge in [-0.25, -0.2) is 0 Å². The van der Waals surface area contributed by atoms with Gasteiger partial charge in [-0.3, -0.25) is 9.69 Å². The molecule has 0 N–H and O–H groups in total. The fraction of sp³-hybridized carbons (Fsp3) is 0.944. The number of carbonyl (C=O) groups excluding carboxylic acids is 1. The van der Waals surface area contributed by atoms with E-state index >= 15 is 0 Å². The first-order chi connectivity index (χ1) is 9.78. The maximum Gasteiger partial charge on any atom is 0.156 e. The monoisotopic (exact) mass is 277 g/mol. The highest BCUT2D eigenvalue weighted by Crippen LogP contribution is 2.44. The molecule has 2 unspecified atom stereocenters. The Morgan fingerprint density at radius 1 is 1.00 bits per heavy atom. The van der Waals surface area contributed by atoms with Crippen LogP contribution < -0.4 is 0 Å². The second-order valence-corrected chi connectivity index (χ2v) is 7.36. The van der Waals surface area contributed by atoms with Crippen molar-refractivity contribution < 1.29 is 4.79 Å². The molecule has 0 amide bonds. The van der Waals surface area contributed by atoms with E-state index < -0.39 is 0 Å². The standard InChI is InChI=1S/C18H31NO/c1-2-15-9-3-4-10-16(15)17(20)18(11-5-6-12-18)19-13-7-8-14-19/h15-16H,2-14H2,1H3. The van der Waals surface area contributed by atoms with E-state index in [1.807, 2.05) is 0 Å². The third-order valence-corrected chi connectivity index (χ3v) is 6.37. The highest BCUT2D eigenvalue weighted by atomic mass is 16.1. The van der Waals surface area contributed by atoms with Crippen molar-refractivity contribution in [1.82, 2.24) is 4.90 Å². The molecule has 0 radical (unpaired) electrons. The van der Waals surface area contributed by atoms with Gasteiger partial charge in [0, 0.05) is 5.92 Å². The molecule has 0 aromatic rings. The molecule has 1 aliphatic heterocycles. The molecule has 1 saturated heterocycles. The predicted octanol–water partition coefficient (Wildman–Crippen LogP) is 4.18. The maximum absolute atomic E-state index is 13.4. The lowest BCUT2D eigenvalue weighted by Gasteiger charge is -2.42. The van der Waals surface area contributed by atoms with Gasteiger partial charge in [-0.05, 0) is 57.5 Å². The molecule has 3 rings (SSSR count). The van der Waals surface area contributed by atoms with Crippen LogP contribution in [0.15, 0.2) is 0 Å². The van der Waals surface area contributed by atoms with Crippen molar-refractivity contribution in [3.63, 3.8) is 0 Å². The van der Waals surface area contributed by atoms with Gasteiger partial charge in [0.05, 0.1) is 5.54 Å². The summed E-state index contributed by atoms with van der Waals surface area (Å²) in [5.41, 5.74) is -0.0358. The van der Waals surface area contributed by atoms with Gasteiger partial charge in [-0.15, -0.1) is 0 Å². The summed E-state index contributed by atoms with van der Waals surface area (Å²) in [6, 6.07) is 0. The topological polar surface area (TPSA) is 20.3 Å². The number of Topliss-reactive ketones (excluding diaryl/α,β-unsaturated/α-hetero) is 1. The molecule has 114 valence electrons. The fourth-order valence-corrected chi connectivity index (χ4v) is 5.21. The Morgan fingerprint density at radius 3 is 2.30 bits per heavy atom. The second-order valence-electron chi connectivity index (χ2n) is 7.36. The number of nitrogens with zero attached hydrogens (tertiary/aromatic N) is 1. The third-order valence-electron chi connectivity index (χ3n) is 6.37. The lowest BCUT2D eigenvalue weighted by atomic mass is 9.70. The number of hydrogen-bond acceptors (Lipinski definition) is 2. The van der Waals surface area contributed by atoms with Crippen LogP contribution >= 0.6 is 0 Å². The van der Waals surface area contributed by atoms with E-state index in [2.05, 4.69) is 11.8 Å². The van der Waals surface area contributed by atoms with E-state index in [0.717, 1.165) is 12.8 Å². The van der Waals surface area contributed by atoms with Crippen molar-refractivity contribution in [2.45, 2.75) is 83.1 Å². The third kappa shape index (κ3) is 2.45. The van der Waals surface area contributed by atoms with Gasteiger partial charge in [0.1, 0.15) is 0 Å². The Bertz CT molecular complexity index is 339. The minimum Gasteiger partial charge on any atom is -0.297 e. The Labute approximate surface area is 124 Å². The second kappa shape index (κ2) is 6.17. The minimum atomic E-state index is -0.0358. The average molecular weight is 277 g/mol. The molecule has 1 heterocycles. The average Bonchev–Trinajstić information content (AvgIpc) is 3.17. The molecule has 2 aliphatic carbocycles. The van der Waals surface area contributed by atoms with Gasteiger partial charge in [0.2, 0.25) is 0 Å². The fourth-order valence-electron chi connectivity index (χ4n) is 5.21. The van der Waals surface area contributed by atoms with Crippen molar-refractivity contribution in [3.05, 3.63) is 0 Å². The highest BCUT2D eigenvalue weighted by molar-refractivity contribution is 5.91. The summed E-state index contributed by atoms with van der Waals surface area (Å²) in [5, 5.41) is 0. The van der Waals surface area contributed by atoms with Crippen molar-refractivity contribution in [2.24, 2.45) is 11.8 Å². The largest absolute Gasteiger partial charge is 0.297 e. The van der Waals surface area contributed by atoms with Gasteiger partial charge < -0.3 is 0 Å². The molecule has 20 heavy (non-hydrogen) atoms. The molecular formula is C18H31NO. The first-order valence-corrected chi connectivity index (χ1v) is 9.07. The van der Waals surface area contributed by atoms with Crippen LogP contribution in [0.25, 0.3) is 0 Å². The lowest BCUT2D eigenvalue weighted by Crippen LogP contribution is -2.55. The van der Waals surface area contributed by atoms with Crippen molar-refractivity contribution in [2.75, 3.05) is 13.1 Å². The number of rotatable bonds is 4. The predicted molar refractivity (Wildman–Crippen MR) is 82.8 cm³/mol. The summed E-state index contributed by atoms with van der Waals surface area (Å²) in [7, 11) is 0. The molecule has 3 aliphatic rings. The van der Waals surface area contributed by atoms with Crippen LogP contribution in [0.2, 0.25) is 0 Å². The van der Waals surface area contributed by atoms with E-state index in [1.54, 1.807) is 0 Å². The number of likely N-dealkylation sites (tertiary alicyclic amines) is 1. The number of ketones is 1. The smallest absolute Gasteiger partial charge is 0.156 e.